The molecule has 20 heavy (non-hydrogen) atoms. The molecular weight excluding hydrogens is 274 g/mol. The van der Waals surface area contributed by atoms with E-state index in [4.69, 9.17) is 5.73 Å². The number of aryl methyl sites for hydroxylation is 2. The van der Waals surface area contributed by atoms with Gasteiger partial charge in [0, 0.05) is 16.6 Å². The van der Waals surface area contributed by atoms with Gasteiger partial charge >= 0.3 is 0 Å². The SMILES string of the molecule is Cc1cc(=O)n2[nH]c(-c3c(N)sc4c3CCC4)nc2n1. The summed E-state index contributed by atoms with van der Waals surface area (Å²) in [4.78, 5) is 22.0. The quantitative estimate of drug-likeness (QED) is 0.710. The fourth-order valence-corrected chi connectivity index (χ4v) is 3.95. The Morgan fingerprint density at radius 3 is 3.10 bits per heavy atom. The number of anilines is 1. The van der Waals surface area contributed by atoms with Gasteiger partial charge in [-0.05, 0) is 31.7 Å². The van der Waals surface area contributed by atoms with Crippen molar-refractivity contribution in [2.45, 2.75) is 26.2 Å². The second-order valence-corrected chi connectivity index (χ2v) is 6.18. The van der Waals surface area contributed by atoms with Gasteiger partial charge < -0.3 is 5.73 Å². The Hall–Kier alpha value is -2.15. The van der Waals surface area contributed by atoms with Crippen molar-refractivity contribution in [3.05, 3.63) is 32.6 Å². The molecule has 0 atom stereocenters. The van der Waals surface area contributed by atoms with Gasteiger partial charge in [0.1, 0.15) is 0 Å². The topological polar surface area (TPSA) is 89.1 Å². The van der Waals surface area contributed by atoms with Gasteiger partial charge in [0.25, 0.3) is 11.3 Å². The highest BCUT2D eigenvalue weighted by atomic mass is 32.1. The van der Waals surface area contributed by atoms with Crippen LogP contribution >= 0.6 is 11.3 Å². The Balaban J connectivity index is 2.00. The number of nitrogen functional groups attached to an aromatic ring is 1. The molecule has 0 saturated carbocycles. The van der Waals surface area contributed by atoms with Gasteiger partial charge in [-0.15, -0.1) is 11.3 Å². The molecule has 4 rings (SSSR count). The molecule has 7 heteroatoms. The zero-order valence-electron chi connectivity index (χ0n) is 10.9. The maximum absolute atomic E-state index is 11.9. The molecular formula is C13H13N5OS. The standard InChI is InChI=1S/C13H13N5OS/c1-6-5-9(19)18-13(15-6)16-12(17-18)10-7-3-2-4-8(7)20-11(10)14/h5H,2-4,14H2,1H3,(H,15,16,17). The lowest BCUT2D eigenvalue weighted by Crippen LogP contribution is -2.14. The van der Waals surface area contributed by atoms with Crippen LogP contribution in [0.3, 0.4) is 0 Å². The third-order valence-electron chi connectivity index (χ3n) is 3.64. The number of H-pyrrole nitrogens is 1. The second-order valence-electron chi connectivity index (χ2n) is 5.04. The number of rotatable bonds is 1. The molecule has 0 fully saturated rings. The minimum atomic E-state index is -0.156. The predicted octanol–water partition coefficient (Wildman–Crippen LogP) is 1.53. The molecule has 0 unspecified atom stereocenters. The molecule has 6 nitrogen and oxygen atoms in total. The Kier molecular flexibility index (Phi) is 2.29. The van der Waals surface area contributed by atoms with Gasteiger partial charge in [-0.1, -0.05) is 0 Å². The Labute approximate surface area is 118 Å². The second kappa shape index (κ2) is 3.92. The van der Waals surface area contributed by atoms with Crippen molar-refractivity contribution in [3.8, 4) is 11.4 Å². The number of nitrogens with two attached hydrogens (primary N) is 1. The highest BCUT2D eigenvalue weighted by Gasteiger charge is 2.24. The first kappa shape index (κ1) is 11.7. The summed E-state index contributed by atoms with van der Waals surface area (Å²) in [5.41, 5.74) is 8.86. The lowest BCUT2D eigenvalue weighted by molar-refractivity contribution is 0.890. The number of aromatic nitrogens is 4. The minimum Gasteiger partial charge on any atom is -0.390 e. The zero-order valence-corrected chi connectivity index (χ0v) is 11.8. The molecule has 1 aliphatic rings. The molecule has 102 valence electrons. The summed E-state index contributed by atoms with van der Waals surface area (Å²) in [6.07, 6.45) is 3.27. The van der Waals surface area contributed by atoms with Crippen molar-refractivity contribution < 1.29 is 0 Å². The third kappa shape index (κ3) is 1.53. The average molecular weight is 287 g/mol. The van der Waals surface area contributed by atoms with E-state index in [1.807, 2.05) is 0 Å². The van der Waals surface area contributed by atoms with Crippen molar-refractivity contribution >= 4 is 22.1 Å². The van der Waals surface area contributed by atoms with Crippen molar-refractivity contribution in [1.29, 1.82) is 0 Å². The van der Waals surface area contributed by atoms with Crippen LogP contribution in [-0.4, -0.2) is 19.6 Å². The maximum atomic E-state index is 11.9. The molecule has 0 radical (unpaired) electrons. The van der Waals surface area contributed by atoms with Gasteiger partial charge in [0.15, 0.2) is 5.82 Å². The molecule has 0 aromatic carbocycles. The fraction of sp³-hybridized carbons (Fsp3) is 0.308. The average Bonchev–Trinajstić information content (AvgIpc) is 3.02. The summed E-state index contributed by atoms with van der Waals surface area (Å²) >= 11 is 1.63. The summed E-state index contributed by atoms with van der Waals surface area (Å²) in [5, 5.41) is 3.78. The number of fused-ring (bicyclic) bond motifs is 2. The van der Waals surface area contributed by atoms with E-state index in [2.05, 4.69) is 15.1 Å². The molecule has 0 spiro atoms. The van der Waals surface area contributed by atoms with E-state index in [0.717, 1.165) is 29.8 Å². The van der Waals surface area contributed by atoms with Crippen molar-refractivity contribution in [3.63, 3.8) is 0 Å². The number of aromatic amines is 1. The normalized spacial score (nSPS) is 14.1. The van der Waals surface area contributed by atoms with Crippen molar-refractivity contribution in [2.75, 3.05) is 5.73 Å². The number of nitrogens with one attached hydrogen (secondary N) is 1. The first-order valence-corrected chi connectivity index (χ1v) is 7.32. The van der Waals surface area contributed by atoms with E-state index in [0.29, 0.717) is 17.3 Å². The Bertz CT molecular complexity index is 888. The van der Waals surface area contributed by atoms with Crippen LogP contribution in [-0.2, 0) is 12.8 Å². The van der Waals surface area contributed by atoms with E-state index >= 15 is 0 Å². The van der Waals surface area contributed by atoms with Crippen LogP contribution in [0.5, 0.6) is 0 Å². The molecule has 3 N–H and O–H groups in total. The summed E-state index contributed by atoms with van der Waals surface area (Å²) in [6, 6.07) is 1.48. The lowest BCUT2D eigenvalue weighted by Gasteiger charge is -1.98. The first-order valence-electron chi connectivity index (χ1n) is 6.50. The molecule has 3 aromatic heterocycles. The summed E-state index contributed by atoms with van der Waals surface area (Å²) in [6.45, 7) is 1.78. The van der Waals surface area contributed by atoms with Crippen LogP contribution in [0.4, 0.5) is 5.00 Å². The fourth-order valence-electron chi connectivity index (χ4n) is 2.79. The van der Waals surface area contributed by atoms with Crippen LogP contribution in [0.1, 0.15) is 22.6 Å². The van der Waals surface area contributed by atoms with Gasteiger partial charge in [0.05, 0.1) is 10.6 Å². The van der Waals surface area contributed by atoms with Crippen molar-refractivity contribution in [1.82, 2.24) is 19.6 Å². The summed E-state index contributed by atoms with van der Waals surface area (Å²) < 4.78 is 1.36. The monoisotopic (exact) mass is 287 g/mol. The molecule has 0 amide bonds. The highest BCUT2D eigenvalue weighted by molar-refractivity contribution is 7.16. The van der Waals surface area contributed by atoms with Gasteiger partial charge in [0.2, 0.25) is 0 Å². The smallest absolute Gasteiger partial charge is 0.274 e. The number of nitrogens with zero attached hydrogens (tertiary/aromatic N) is 3. The molecule has 0 saturated heterocycles. The van der Waals surface area contributed by atoms with Crippen LogP contribution in [0.15, 0.2) is 10.9 Å². The third-order valence-corrected chi connectivity index (χ3v) is 4.76. The molecule has 3 aromatic rings. The van der Waals surface area contributed by atoms with E-state index in [1.54, 1.807) is 18.3 Å². The summed E-state index contributed by atoms with van der Waals surface area (Å²) in [7, 11) is 0. The van der Waals surface area contributed by atoms with Gasteiger partial charge in [-0.2, -0.15) is 9.50 Å². The largest absolute Gasteiger partial charge is 0.390 e. The van der Waals surface area contributed by atoms with Gasteiger partial charge in [-0.25, -0.2) is 4.98 Å². The van der Waals surface area contributed by atoms with Crippen LogP contribution in [0.2, 0.25) is 0 Å². The predicted molar refractivity (Wildman–Crippen MR) is 78.1 cm³/mol. The van der Waals surface area contributed by atoms with E-state index in [9.17, 15) is 4.79 Å². The minimum absolute atomic E-state index is 0.156. The van der Waals surface area contributed by atoms with Crippen LogP contribution in [0, 0.1) is 6.92 Å². The van der Waals surface area contributed by atoms with E-state index < -0.39 is 0 Å². The molecule has 0 bridgehead atoms. The van der Waals surface area contributed by atoms with Crippen molar-refractivity contribution in [2.24, 2.45) is 0 Å². The molecule has 1 aliphatic carbocycles. The number of thiophene rings is 1. The van der Waals surface area contributed by atoms with Crippen LogP contribution < -0.4 is 11.3 Å². The lowest BCUT2D eigenvalue weighted by atomic mass is 10.1. The Morgan fingerprint density at radius 2 is 2.25 bits per heavy atom. The van der Waals surface area contributed by atoms with Gasteiger partial charge in [-0.3, -0.25) is 9.89 Å². The highest BCUT2D eigenvalue weighted by Crippen LogP contribution is 2.42. The van der Waals surface area contributed by atoms with Crippen LogP contribution in [0.25, 0.3) is 17.2 Å². The Morgan fingerprint density at radius 1 is 1.40 bits per heavy atom. The molecule has 0 aliphatic heterocycles. The zero-order chi connectivity index (χ0) is 13.9. The number of hydrogen-bond acceptors (Lipinski definition) is 5. The first-order chi connectivity index (χ1) is 9.63. The summed E-state index contributed by atoms with van der Waals surface area (Å²) in [5.74, 6) is 1.03. The maximum Gasteiger partial charge on any atom is 0.274 e. The van der Waals surface area contributed by atoms with E-state index in [-0.39, 0.29) is 5.56 Å². The van der Waals surface area contributed by atoms with E-state index in [1.165, 1.54) is 21.0 Å². The number of hydrogen-bond donors (Lipinski definition) is 2. The molecule has 3 heterocycles.